The number of carbonyl (C=O) groups excluding carboxylic acids is 2. The van der Waals surface area contributed by atoms with Crippen LogP contribution in [0, 0.1) is 5.82 Å². The topological polar surface area (TPSA) is 64.6 Å². The molecular weight excluding hydrogens is 465 g/mol. The first-order valence-corrected chi connectivity index (χ1v) is 9.54. The van der Waals surface area contributed by atoms with Crippen molar-refractivity contribution in [2.75, 3.05) is 11.9 Å². The number of amides is 1. The molecule has 1 N–H and O–H groups in total. The van der Waals surface area contributed by atoms with Crippen LogP contribution in [0.25, 0.3) is 0 Å². The number of para-hydroxylation sites is 1. The van der Waals surface area contributed by atoms with Crippen molar-refractivity contribution in [1.29, 1.82) is 0 Å². The number of benzene rings is 3. The summed E-state index contributed by atoms with van der Waals surface area (Å²) in [5.74, 6) is -1.50. The molecule has 29 heavy (non-hydrogen) atoms. The molecule has 0 fully saturated rings. The van der Waals surface area contributed by atoms with Gasteiger partial charge in [0, 0.05) is 10.2 Å². The Balaban J connectivity index is 1.65. The number of halogens is 3. The van der Waals surface area contributed by atoms with E-state index in [1.165, 1.54) is 18.2 Å². The van der Waals surface area contributed by atoms with Crippen molar-refractivity contribution >= 4 is 45.1 Å². The predicted molar refractivity (Wildman–Crippen MR) is 111 cm³/mol. The summed E-state index contributed by atoms with van der Waals surface area (Å²) in [5, 5.41) is 2.65. The minimum atomic E-state index is -0.748. The van der Waals surface area contributed by atoms with E-state index >= 15 is 0 Å². The number of ether oxygens (including phenoxy) is 2. The van der Waals surface area contributed by atoms with Crippen LogP contribution >= 0.6 is 27.5 Å². The fraction of sp³-hybridized carbons (Fsp3) is 0.0476. The first-order chi connectivity index (χ1) is 13.9. The minimum Gasteiger partial charge on any atom is -0.483 e. The Kier molecular flexibility index (Phi) is 6.85. The fourth-order valence-corrected chi connectivity index (χ4v) is 2.82. The predicted octanol–water partition coefficient (Wildman–Crippen LogP) is 5.48. The maximum absolute atomic E-state index is 13.1. The van der Waals surface area contributed by atoms with Crippen molar-refractivity contribution in [3.63, 3.8) is 0 Å². The second kappa shape index (κ2) is 9.54. The van der Waals surface area contributed by atoms with Crippen molar-refractivity contribution in [2.24, 2.45) is 0 Å². The van der Waals surface area contributed by atoms with Gasteiger partial charge in [-0.25, -0.2) is 9.18 Å². The van der Waals surface area contributed by atoms with Crippen LogP contribution in [0.15, 0.2) is 71.2 Å². The van der Waals surface area contributed by atoms with Crippen LogP contribution in [0.4, 0.5) is 10.1 Å². The lowest BCUT2D eigenvalue weighted by atomic mass is 10.2. The van der Waals surface area contributed by atoms with Gasteiger partial charge in [0.15, 0.2) is 6.61 Å². The van der Waals surface area contributed by atoms with Crippen molar-refractivity contribution in [3.8, 4) is 11.5 Å². The van der Waals surface area contributed by atoms with Gasteiger partial charge in [-0.3, -0.25) is 4.79 Å². The van der Waals surface area contributed by atoms with Crippen LogP contribution in [-0.2, 0) is 4.79 Å². The molecule has 3 rings (SSSR count). The van der Waals surface area contributed by atoms with Gasteiger partial charge in [-0.1, -0.05) is 39.7 Å². The van der Waals surface area contributed by atoms with Gasteiger partial charge in [-0.15, -0.1) is 0 Å². The highest BCUT2D eigenvalue weighted by atomic mass is 79.9. The Morgan fingerprint density at radius 3 is 2.45 bits per heavy atom. The summed E-state index contributed by atoms with van der Waals surface area (Å²) in [6.07, 6.45) is 0. The summed E-state index contributed by atoms with van der Waals surface area (Å²) in [5.41, 5.74) is 0.713. The number of hydrogen-bond acceptors (Lipinski definition) is 4. The van der Waals surface area contributed by atoms with Crippen LogP contribution in [0.1, 0.15) is 10.4 Å². The van der Waals surface area contributed by atoms with E-state index in [1.54, 1.807) is 36.4 Å². The highest BCUT2D eigenvalue weighted by Crippen LogP contribution is 2.27. The molecule has 0 saturated carbocycles. The van der Waals surface area contributed by atoms with E-state index in [9.17, 15) is 14.0 Å². The fourth-order valence-electron chi connectivity index (χ4n) is 2.35. The molecule has 0 aliphatic rings. The molecule has 0 unspecified atom stereocenters. The van der Waals surface area contributed by atoms with Gasteiger partial charge in [0.2, 0.25) is 0 Å². The lowest BCUT2D eigenvalue weighted by molar-refractivity contribution is -0.118. The molecule has 0 bridgehead atoms. The van der Waals surface area contributed by atoms with Crippen LogP contribution in [0.5, 0.6) is 11.5 Å². The molecule has 8 heteroatoms. The van der Waals surface area contributed by atoms with Crippen LogP contribution in [-0.4, -0.2) is 18.5 Å². The highest BCUT2D eigenvalue weighted by Gasteiger charge is 2.17. The Labute approximate surface area is 179 Å². The van der Waals surface area contributed by atoms with Crippen LogP contribution < -0.4 is 14.8 Å². The number of esters is 1. The first kappa shape index (κ1) is 20.8. The summed E-state index contributed by atoms with van der Waals surface area (Å²) in [4.78, 5) is 24.6. The van der Waals surface area contributed by atoms with Crippen LogP contribution in [0.3, 0.4) is 0 Å². The van der Waals surface area contributed by atoms with Gasteiger partial charge in [0.05, 0.1) is 5.02 Å². The largest absolute Gasteiger partial charge is 0.483 e. The Morgan fingerprint density at radius 1 is 1.00 bits per heavy atom. The summed E-state index contributed by atoms with van der Waals surface area (Å²) in [7, 11) is 0. The Morgan fingerprint density at radius 2 is 1.72 bits per heavy atom. The lowest BCUT2D eigenvalue weighted by Crippen LogP contribution is -2.21. The molecule has 0 aliphatic heterocycles. The molecule has 3 aromatic rings. The lowest BCUT2D eigenvalue weighted by Gasteiger charge is -2.12. The molecule has 148 valence electrons. The average molecular weight is 479 g/mol. The molecular formula is C21H14BrClFNO4. The van der Waals surface area contributed by atoms with E-state index in [-0.39, 0.29) is 28.7 Å². The molecule has 0 heterocycles. The van der Waals surface area contributed by atoms with Gasteiger partial charge >= 0.3 is 5.97 Å². The summed E-state index contributed by atoms with van der Waals surface area (Å²) in [6, 6.07) is 16.8. The molecule has 0 aromatic heterocycles. The molecule has 1 amide bonds. The Bertz CT molecular complexity index is 1040. The SMILES string of the molecule is O=C(COc1ccccc1C(=O)Oc1ccc(F)cc1Cl)Nc1ccc(Br)cc1. The highest BCUT2D eigenvalue weighted by molar-refractivity contribution is 9.10. The summed E-state index contributed by atoms with van der Waals surface area (Å²) >= 11 is 9.20. The summed E-state index contributed by atoms with van der Waals surface area (Å²) < 4.78 is 24.7. The monoisotopic (exact) mass is 477 g/mol. The standard InChI is InChI=1S/C21H14BrClFNO4/c22-13-5-8-15(9-6-13)25-20(26)12-28-18-4-2-1-3-16(18)21(27)29-19-10-7-14(24)11-17(19)23/h1-11H,12H2,(H,25,26). The maximum atomic E-state index is 13.1. The zero-order chi connectivity index (χ0) is 20.8. The molecule has 0 spiro atoms. The number of rotatable bonds is 6. The molecule has 0 radical (unpaired) electrons. The molecule has 5 nitrogen and oxygen atoms in total. The third-order valence-corrected chi connectivity index (χ3v) is 4.51. The normalized spacial score (nSPS) is 10.3. The third kappa shape index (κ3) is 5.79. The van der Waals surface area contributed by atoms with E-state index in [4.69, 9.17) is 21.1 Å². The quantitative estimate of drug-likeness (QED) is 0.376. The average Bonchev–Trinajstić information content (AvgIpc) is 2.70. The first-order valence-electron chi connectivity index (χ1n) is 8.37. The minimum absolute atomic E-state index is 0.0147. The van der Waals surface area contributed by atoms with E-state index in [0.717, 1.165) is 16.6 Å². The molecule has 3 aromatic carbocycles. The van der Waals surface area contributed by atoms with Gasteiger partial charge in [0.1, 0.15) is 22.9 Å². The smallest absolute Gasteiger partial charge is 0.347 e. The van der Waals surface area contributed by atoms with Gasteiger partial charge in [-0.05, 0) is 54.6 Å². The molecule has 0 aliphatic carbocycles. The van der Waals surface area contributed by atoms with Gasteiger partial charge < -0.3 is 14.8 Å². The van der Waals surface area contributed by atoms with E-state index in [1.807, 2.05) is 0 Å². The van der Waals surface area contributed by atoms with E-state index < -0.39 is 17.7 Å². The van der Waals surface area contributed by atoms with Gasteiger partial charge in [-0.2, -0.15) is 0 Å². The van der Waals surface area contributed by atoms with Crippen molar-refractivity contribution in [2.45, 2.75) is 0 Å². The zero-order valence-electron chi connectivity index (χ0n) is 14.8. The second-order valence-electron chi connectivity index (χ2n) is 5.80. The number of hydrogen-bond donors (Lipinski definition) is 1. The maximum Gasteiger partial charge on any atom is 0.347 e. The van der Waals surface area contributed by atoms with Crippen molar-refractivity contribution in [3.05, 3.63) is 87.6 Å². The molecule has 0 saturated heterocycles. The van der Waals surface area contributed by atoms with Crippen molar-refractivity contribution < 1.29 is 23.5 Å². The molecule has 0 atom stereocenters. The van der Waals surface area contributed by atoms with Gasteiger partial charge in [0.25, 0.3) is 5.91 Å². The Hall–Kier alpha value is -2.90. The van der Waals surface area contributed by atoms with Crippen molar-refractivity contribution in [1.82, 2.24) is 0 Å². The number of nitrogens with one attached hydrogen (secondary N) is 1. The van der Waals surface area contributed by atoms with Crippen LogP contribution in [0.2, 0.25) is 5.02 Å². The van der Waals surface area contributed by atoms with E-state index in [2.05, 4.69) is 21.2 Å². The summed E-state index contributed by atoms with van der Waals surface area (Å²) in [6.45, 7) is -0.308. The third-order valence-electron chi connectivity index (χ3n) is 3.69. The second-order valence-corrected chi connectivity index (χ2v) is 7.13. The number of anilines is 1. The van der Waals surface area contributed by atoms with E-state index in [0.29, 0.717) is 5.69 Å². The zero-order valence-corrected chi connectivity index (χ0v) is 17.2. The number of carbonyl (C=O) groups is 2.